The molecule has 0 bridgehead atoms. The highest BCUT2D eigenvalue weighted by molar-refractivity contribution is 6.30. The average molecular weight is 264 g/mol. The zero-order valence-electron chi connectivity index (χ0n) is 10.6. The molecule has 0 aliphatic carbocycles. The van der Waals surface area contributed by atoms with Gasteiger partial charge < -0.3 is 4.40 Å². The average Bonchev–Trinajstić information content (AvgIpc) is 2.81. The molecule has 3 rings (SSSR count). The molecule has 18 heavy (non-hydrogen) atoms. The van der Waals surface area contributed by atoms with Gasteiger partial charge in [0.15, 0.2) is 0 Å². The Hall–Kier alpha value is -1.06. The summed E-state index contributed by atoms with van der Waals surface area (Å²) >= 11 is 6.01. The zero-order chi connectivity index (χ0) is 12.5. The summed E-state index contributed by atoms with van der Waals surface area (Å²) in [5.41, 5.74) is 2.12. The second-order valence-corrected chi connectivity index (χ2v) is 5.35. The van der Waals surface area contributed by atoms with Crippen LogP contribution < -0.4 is 0 Å². The van der Waals surface area contributed by atoms with E-state index in [1.54, 1.807) is 0 Å². The van der Waals surface area contributed by atoms with Crippen LogP contribution in [0.25, 0.3) is 5.65 Å². The molecular weight excluding hydrogens is 246 g/mol. The van der Waals surface area contributed by atoms with Gasteiger partial charge in [-0.05, 0) is 38.1 Å². The Balaban J connectivity index is 1.97. The highest BCUT2D eigenvalue weighted by atomic mass is 35.5. The minimum absolute atomic E-state index is 0.474. The maximum Gasteiger partial charge on any atom is 0.138 e. The molecule has 1 aliphatic rings. The lowest BCUT2D eigenvalue weighted by Gasteiger charge is -2.33. The van der Waals surface area contributed by atoms with Crippen molar-refractivity contribution in [1.29, 1.82) is 0 Å². The normalized spacial score (nSPS) is 21.6. The Kier molecular flexibility index (Phi) is 3.27. The predicted octanol–water partition coefficient (Wildman–Crippen LogP) is 3.53. The molecule has 0 amide bonds. The van der Waals surface area contributed by atoms with E-state index in [9.17, 15) is 0 Å². The molecule has 0 spiro atoms. The van der Waals surface area contributed by atoms with Gasteiger partial charge in [-0.3, -0.25) is 4.90 Å². The van der Waals surface area contributed by atoms with E-state index in [2.05, 4.69) is 22.4 Å². The van der Waals surface area contributed by atoms with Crippen LogP contribution >= 0.6 is 11.6 Å². The first kappa shape index (κ1) is 12.0. The fourth-order valence-electron chi connectivity index (χ4n) is 2.84. The first-order valence-electron chi connectivity index (χ1n) is 6.66. The van der Waals surface area contributed by atoms with E-state index in [1.807, 2.05) is 18.3 Å². The van der Waals surface area contributed by atoms with Gasteiger partial charge in [0.2, 0.25) is 0 Å². The third-order valence-corrected chi connectivity index (χ3v) is 4.04. The molecule has 4 heteroatoms. The summed E-state index contributed by atoms with van der Waals surface area (Å²) in [6.45, 7) is 4.51. The van der Waals surface area contributed by atoms with Gasteiger partial charge in [-0.25, -0.2) is 4.98 Å². The lowest BCUT2D eigenvalue weighted by atomic mass is 10.00. The maximum atomic E-state index is 6.01. The van der Waals surface area contributed by atoms with Crippen LogP contribution in [0.15, 0.2) is 24.5 Å². The Morgan fingerprint density at radius 1 is 1.44 bits per heavy atom. The number of hydrogen-bond acceptors (Lipinski definition) is 2. The smallest absolute Gasteiger partial charge is 0.138 e. The summed E-state index contributed by atoms with van der Waals surface area (Å²) in [6.07, 6.45) is 7.95. The van der Waals surface area contributed by atoms with Gasteiger partial charge in [-0.15, -0.1) is 0 Å². The fourth-order valence-corrected chi connectivity index (χ4v) is 3.00. The molecule has 2 aromatic heterocycles. The molecule has 1 atom stereocenters. The molecular formula is C14H18ClN3. The lowest BCUT2D eigenvalue weighted by Crippen LogP contribution is -2.33. The highest BCUT2D eigenvalue weighted by Gasteiger charge is 2.24. The summed E-state index contributed by atoms with van der Waals surface area (Å²) in [5, 5.41) is 0.746. The van der Waals surface area contributed by atoms with E-state index in [0.717, 1.165) is 17.2 Å². The molecule has 1 fully saturated rings. The number of fused-ring (bicyclic) bond motifs is 1. The number of nitrogens with zero attached hydrogens (tertiary/aromatic N) is 3. The number of aromatic nitrogens is 2. The van der Waals surface area contributed by atoms with Gasteiger partial charge in [0.1, 0.15) is 5.65 Å². The number of piperidine rings is 1. The van der Waals surface area contributed by atoms with Crippen molar-refractivity contribution in [2.45, 2.75) is 32.2 Å². The number of rotatable bonds is 2. The number of hydrogen-bond donors (Lipinski definition) is 0. The van der Waals surface area contributed by atoms with Gasteiger partial charge in [0.25, 0.3) is 0 Å². The van der Waals surface area contributed by atoms with E-state index in [0.29, 0.717) is 6.04 Å². The predicted molar refractivity (Wildman–Crippen MR) is 74.0 cm³/mol. The molecule has 2 aromatic rings. The Bertz CT molecular complexity index is 549. The van der Waals surface area contributed by atoms with Crippen molar-refractivity contribution in [1.82, 2.24) is 14.3 Å². The van der Waals surface area contributed by atoms with Crippen LogP contribution in [0.1, 0.15) is 37.9 Å². The Morgan fingerprint density at radius 3 is 3.17 bits per heavy atom. The molecule has 1 aliphatic heterocycles. The highest BCUT2D eigenvalue weighted by Crippen LogP contribution is 2.30. The monoisotopic (exact) mass is 263 g/mol. The second-order valence-electron chi connectivity index (χ2n) is 4.92. The van der Waals surface area contributed by atoms with Gasteiger partial charge in [-0.2, -0.15) is 0 Å². The number of imidazole rings is 1. The van der Waals surface area contributed by atoms with Crippen molar-refractivity contribution < 1.29 is 0 Å². The maximum absolute atomic E-state index is 6.01. The standard InChI is InChI=1S/C14H18ClN3/c1-2-17-7-4-3-5-13(17)12-10-18-8-6-11(15)9-14(18)16-12/h6,8-10,13H,2-5,7H2,1H3. The Morgan fingerprint density at radius 2 is 2.33 bits per heavy atom. The quantitative estimate of drug-likeness (QED) is 0.826. The van der Waals surface area contributed by atoms with Crippen molar-refractivity contribution in [3.05, 3.63) is 35.2 Å². The third kappa shape index (κ3) is 2.13. The zero-order valence-corrected chi connectivity index (χ0v) is 11.4. The van der Waals surface area contributed by atoms with Crippen molar-refractivity contribution in [2.75, 3.05) is 13.1 Å². The van der Waals surface area contributed by atoms with Crippen LogP contribution in [0.5, 0.6) is 0 Å². The van der Waals surface area contributed by atoms with Crippen LogP contribution in [0, 0.1) is 0 Å². The summed E-state index contributed by atoms with van der Waals surface area (Å²) in [6, 6.07) is 4.30. The second kappa shape index (κ2) is 4.90. The number of pyridine rings is 1. The van der Waals surface area contributed by atoms with Gasteiger partial charge in [0, 0.05) is 17.4 Å². The summed E-state index contributed by atoms with van der Waals surface area (Å²) in [7, 11) is 0. The first-order valence-corrected chi connectivity index (χ1v) is 7.04. The third-order valence-electron chi connectivity index (χ3n) is 3.80. The summed E-state index contributed by atoms with van der Waals surface area (Å²) in [4.78, 5) is 7.25. The minimum atomic E-state index is 0.474. The van der Waals surface area contributed by atoms with Crippen molar-refractivity contribution >= 4 is 17.2 Å². The van der Waals surface area contributed by atoms with Crippen LogP contribution in [0.4, 0.5) is 0 Å². The molecule has 1 unspecified atom stereocenters. The Labute approximate surface area is 112 Å². The molecule has 1 saturated heterocycles. The first-order chi connectivity index (χ1) is 8.78. The van der Waals surface area contributed by atoms with Crippen molar-refractivity contribution in [2.24, 2.45) is 0 Å². The minimum Gasteiger partial charge on any atom is -0.307 e. The molecule has 0 aromatic carbocycles. The largest absolute Gasteiger partial charge is 0.307 e. The molecule has 0 saturated carbocycles. The van der Waals surface area contributed by atoms with Gasteiger partial charge in [0.05, 0.1) is 11.7 Å². The van der Waals surface area contributed by atoms with E-state index >= 15 is 0 Å². The lowest BCUT2D eigenvalue weighted by molar-refractivity contribution is 0.154. The van der Waals surface area contributed by atoms with E-state index < -0.39 is 0 Å². The van der Waals surface area contributed by atoms with Gasteiger partial charge >= 0.3 is 0 Å². The van der Waals surface area contributed by atoms with E-state index in [-0.39, 0.29) is 0 Å². The topological polar surface area (TPSA) is 20.5 Å². The molecule has 3 nitrogen and oxygen atoms in total. The van der Waals surface area contributed by atoms with Crippen LogP contribution in [-0.4, -0.2) is 27.4 Å². The molecule has 96 valence electrons. The van der Waals surface area contributed by atoms with E-state index in [1.165, 1.54) is 31.5 Å². The van der Waals surface area contributed by atoms with Crippen LogP contribution in [-0.2, 0) is 0 Å². The van der Waals surface area contributed by atoms with Crippen LogP contribution in [0.2, 0.25) is 5.02 Å². The fraction of sp³-hybridized carbons (Fsp3) is 0.500. The SMILES string of the molecule is CCN1CCCCC1c1cn2ccc(Cl)cc2n1. The van der Waals surface area contributed by atoms with Crippen molar-refractivity contribution in [3.8, 4) is 0 Å². The molecule has 3 heterocycles. The molecule has 0 N–H and O–H groups in total. The van der Waals surface area contributed by atoms with Crippen molar-refractivity contribution in [3.63, 3.8) is 0 Å². The van der Waals surface area contributed by atoms with Crippen LogP contribution in [0.3, 0.4) is 0 Å². The van der Waals surface area contributed by atoms with Gasteiger partial charge in [-0.1, -0.05) is 24.9 Å². The summed E-state index contributed by atoms with van der Waals surface area (Å²) in [5.74, 6) is 0. The van der Waals surface area contributed by atoms with E-state index in [4.69, 9.17) is 16.6 Å². The number of halogens is 1. The molecule has 0 radical (unpaired) electrons. The number of likely N-dealkylation sites (tertiary alicyclic amines) is 1. The summed E-state index contributed by atoms with van der Waals surface area (Å²) < 4.78 is 2.06.